The Kier molecular flexibility index (Phi) is 9.99. The number of halogens is 1. The van der Waals surface area contributed by atoms with Gasteiger partial charge in [0.15, 0.2) is 5.96 Å². The van der Waals surface area contributed by atoms with Gasteiger partial charge in [0.1, 0.15) is 18.4 Å². The predicted octanol–water partition coefficient (Wildman–Crippen LogP) is 2.64. The Bertz CT molecular complexity index is 564. The van der Waals surface area contributed by atoms with Gasteiger partial charge in [-0.3, -0.25) is 4.79 Å². The molecule has 1 rings (SSSR count). The number of hydrogen-bond acceptors (Lipinski definition) is 3. The van der Waals surface area contributed by atoms with Crippen LogP contribution in [0, 0.1) is 0 Å². The molecule has 6 nitrogen and oxygen atoms in total. The van der Waals surface area contributed by atoms with Crippen LogP contribution in [0.2, 0.25) is 0 Å². The van der Waals surface area contributed by atoms with E-state index in [0.29, 0.717) is 12.5 Å². The summed E-state index contributed by atoms with van der Waals surface area (Å²) in [6.45, 7) is 5.64. The number of nitrogens with one attached hydrogen (secondary N) is 2. The van der Waals surface area contributed by atoms with E-state index in [4.69, 9.17) is 4.74 Å². The van der Waals surface area contributed by atoms with E-state index < -0.39 is 0 Å². The molecule has 0 heterocycles. The van der Waals surface area contributed by atoms with Crippen molar-refractivity contribution < 1.29 is 9.53 Å². The number of nitrogens with zero attached hydrogens (tertiary/aromatic N) is 2. The van der Waals surface area contributed by atoms with E-state index in [1.165, 1.54) is 4.90 Å². The number of amides is 1. The Morgan fingerprint density at radius 1 is 1.32 bits per heavy atom. The highest BCUT2D eigenvalue weighted by Crippen LogP contribution is 2.24. The molecule has 0 bridgehead atoms. The van der Waals surface area contributed by atoms with E-state index in [9.17, 15) is 4.79 Å². The van der Waals surface area contributed by atoms with Crippen molar-refractivity contribution in [3.05, 3.63) is 28.7 Å². The molecule has 1 aromatic rings. The lowest BCUT2D eigenvalue weighted by Crippen LogP contribution is -2.43. The number of carbonyl (C=O) groups is 1. The van der Waals surface area contributed by atoms with E-state index >= 15 is 0 Å². The van der Waals surface area contributed by atoms with Crippen molar-refractivity contribution in [1.82, 2.24) is 15.5 Å². The standard InChI is InChI=1S/C18H29BrN4O2/c1-5-6-11-20-18(22-13-17(24)23(3)4)21-12-14(2)25-16-10-8-7-9-15(16)19/h7-10,14H,5-6,11-13H2,1-4H3,(H2,20,21,22). The van der Waals surface area contributed by atoms with Gasteiger partial charge in [-0.2, -0.15) is 0 Å². The fourth-order valence-corrected chi connectivity index (χ4v) is 2.26. The van der Waals surface area contributed by atoms with Crippen LogP contribution in [0.3, 0.4) is 0 Å². The summed E-state index contributed by atoms with van der Waals surface area (Å²) in [5.74, 6) is 1.40. The number of benzene rings is 1. The quantitative estimate of drug-likeness (QED) is 0.371. The van der Waals surface area contributed by atoms with Crippen molar-refractivity contribution in [2.45, 2.75) is 32.8 Å². The van der Waals surface area contributed by atoms with Gasteiger partial charge in [0.05, 0.1) is 11.0 Å². The van der Waals surface area contributed by atoms with Crippen LogP contribution in [0.15, 0.2) is 33.7 Å². The van der Waals surface area contributed by atoms with E-state index in [1.807, 2.05) is 31.2 Å². The van der Waals surface area contributed by atoms with E-state index in [0.717, 1.165) is 29.6 Å². The number of likely N-dealkylation sites (N-methyl/N-ethyl adjacent to an activating group) is 1. The van der Waals surface area contributed by atoms with Gasteiger partial charge >= 0.3 is 0 Å². The zero-order valence-corrected chi connectivity index (χ0v) is 17.1. The molecule has 1 atom stereocenters. The summed E-state index contributed by atoms with van der Waals surface area (Å²) < 4.78 is 6.84. The fraction of sp³-hybridized carbons (Fsp3) is 0.556. The molecule has 0 radical (unpaired) electrons. The highest BCUT2D eigenvalue weighted by molar-refractivity contribution is 9.10. The van der Waals surface area contributed by atoms with Gasteiger partial charge in [-0.25, -0.2) is 4.99 Å². The van der Waals surface area contributed by atoms with Gasteiger partial charge in [0.25, 0.3) is 0 Å². The van der Waals surface area contributed by atoms with Crippen LogP contribution >= 0.6 is 15.9 Å². The lowest BCUT2D eigenvalue weighted by Gasteiger charge is -2.19. The Balaban J connectivity index is 2.56. The minimum Gasteiger partial charge on any atom is -0.488 e. The molecule has 0 saturated heterocycles. The lowest BCUT2D eigenvalue weighted by atomic mass is 10.3. The van der Waals surface area contributed by atoms with Crippen LogP contribution in [0.1, 0.15) is 26.7 Å². The third kappa shape index (κ3) is 8.77. The van der Waals surface area contributed by atoms with Gasteiger partial charge in [-0.15, -0.1) is 0 Å². The molecule has 25 heavy (non-hydrogen) atoms. The zero-order chi connectivity index (χ0) is 18.7. The fourth-order valence-electron chi connectivity index (χ4n) is 1.89. The molecule has 1 unspecified atom stereocenters. The highest BCUT2D eigenvalue weighted by atomic mass is 79.9. The van der Waals surface area contributed by atoms with E-state index in [2.05, 4.69) is 38.5 Å². The molecule has 0 aromatic heterocycles. The van der Waals surface area contributed by atoms with E-state index in [1.54, 1.807) is 14.1 Å². The Hall–Kier alpha value is -1.76. The zero-order valence-electron chi connectivity index (χ0n) is 15.5. The third-order valence-electron chi connectivity index (χ3n) is 3.42. The normalized spacial score (nSPS) is 12.4. The monoisotopic (exact) mass is 412 g/mol. The number of unbranched alkanes of at least 4 members (excludes halogenated alkanes) is 1. The van der Waals surface area contributed by atoms with Gasteiger partial charge in [-0.05, 0) is 41.4 Å². The minimum absolute atomic E-state index is 0.0332. The number of ether oxygens (including phenoxy) is 1. The summed E-state index contributed by atoms with van der Waals surface area (Å²) in [6.07, 6.45) is 2.09. The van der Waals surface area contributed by atoms with Crippen molar-refractivity contribution in [3.63, 3.8) is 0 Å². The number of aliphatic imine (C=N–C) groups is 1. The topological polar surface area (TPSA) is 66.0 Å². The predicted molar refractivity (Wildman–Crippen MR) is 106 cm³/mol. The van der Waals surface area contributed by atoms with Crippen molar-refractivity contribution in [3.8, 4) is 5.75 Å². The summed E-state index contributed by atoms with van der Waals surface area (Å²) in [5, 5.41) is 6.49. The van der Waals surface area contributed by atoms with Crippen LogP contribution in [0.4, 0.5) is 0 Å². The van der Waals surface area contributed by atoms with Crippen LogP contribution in [-0.4, -0.2) is 56.6 Å². The van der Waals surface area contributed by atoms with Gasteiger partial charge in [0.2, 0.25) is 5.91 Å². The number of para-hydroxylation sites is 1. The summed E-state index contributed by atoms with van der Waals surface area (Å²) in [7, 11) is 3.45. The van der Waals surface area contributed by atoms with Gasteiger partial charge < -0.3 is 20.3 Å². The Morgan fingerprint density at radius 2 is 2.04 bits per heavy atom. The molecule has 0 aliphatic carbocycles. The second kappa shape index (κ2) is 11.7. The first-order chi connectivity index (χ1) is 11.9. The molecule has 0 aliphatic rings. The van der Waals surface area contributed by atoms with Crippen molar-refractivity contribution in [1.29, 1.82) is 0 Å². The molecule has 140 valence electrons. The molecule has 0 aliphatic heterocycles. The molecule has 0 spiro atoms. The smallest absolute Gasteiger partial charge is 0.243 e. The average molecular weight is 413 g/mol. The molecular weight excluding hydrogens is 384 g/mol. The number of rotatable bonds is 9. The number of hydrogen-bond donors (Lipinski definition) is 2. The molecule has 1 aromatic carbocycles. The van der Waals surface area contributed by atoms with Gasteiger partial charge in [-0.1, -0.05) is 25.5 Å². The first kappa shape index (κ1) is 21.3. The molecular formula is C18H29BrN4O2. The summed E-state index contributed by atoms with van der Waals surface area (Å²) in [6, 6.07) is 7.75. The maximum Gasteiger partial charge on any atom is 0.243 e. The van der Waals surface area contributed by atoms with Crippen molar-refractivity contribution in [2.24, 2.45) is 4.99 Å². The second-order valence-electron chi connectivity index (χ2n) is 5.97. The minimum atomic E-state index is -0.0542. The largest absolute Gasteiger partial charge is 0.488 e. The maximum atomic E-state index is 11.7. The molecule has 2 N–H and O–H groups in total. The van der Waals surface area contributed by atoms with Crippen LogP contribution in [-0.2, 0) is 4.79 Å². The molecule has 7 heteroatoms. The van der Waals surface area contributed by atoms with Crippen molar-refractivity contribution >= 4 is 27.8 Å². The summed E-state index contributed by atoms with van der Waals surface area (Å²) >= 11 is 3.48. The Labute approximate surface area is 159 Å². The summed E-state index contributed by atoms with van der Waals surface area (Å²) in [4.78, 5) is 17.6. The third-order valence-corrected chi connectivity index (χ3v) is 4.07. The lowest BCUT2D eigenvalue weighted by molar-refractivity contribution is -0.127. The summed E-state index contributed by atoms with van der Waals surface area (Å²) in [5.41, 5.74) is 0. The van der Waals surface area contributed by atoms with Crippen molar-refractivity contribution in [2.75, 3.05) is 33.7 Å². The number of carbonyl (C=O) groups excluding carboxylic acids is 1. The van der Waals surface area contributed by atoms with Gasteiger partial charge in [0, 0.05) is 20.6 Å². The second-order valence-corrected chi connectivity index (χ2v) is 6.83. The highest BCUT2D eigenvalue weighted by Gasteiger charge is 2.09. The molecule has 1 amide bonds. The SMILES string of the molecule is CCCCNC(=NCC(=O)N(C)C)NCC(C)Oc1ccccc1Br. The molecule has 0 saturated carbocycles. The first-order valence-electron chi connectivity index (χ1n) is 8.57. The number of guanidine groups is 1. The van der Waals surface area contributed by atoms with Crippen LogP contribution < -0.4 is 15.4 Å². The average Bonchev–Trinajstić information content (AvgIpc) is 2.58. The van der Waals surface area contributed by atoms with Crippen LogP contribution in [0.5, 0.6) is 5.75 Å². The van der Waals surface area contributed by atoms with E-state index in [-0.39, 0.29) is 18.6 Å². The first-order valence-corrected chi connectivity index (χ1v) is 9.36. The van der Waals surface area contributed by atoms with Crippen LogP contribution in [0.25, 0.3) is 0 Å². The Morgan fingerprint density at radius 3 is 2.68 bits per heavy atom. The molecule has 0 fully saturated rings. The maximum absolute atomic E-state index is 11.7.